The van der Waals surface area contributed by atoms with Gasteiger partial charge in [-0.3, -0.25) is 4.79 Å². The molecule has 2 aromatic carbocycles. The number of carbonyl (C=O) groups excluding carboxylic acids is 1. The van der Waals surface area contributed by atoms with Crippen molar-refractivity contribution in [2.75, 3.05) is 24.8 Å². The third-order valence-corrected chi connectivity index (χ3v) is 6.64. The summed E-state index contributed by atoms with van der Waals surface area (Å²) in [4.78, 5) is 17.9. The second kappa shape index (κ2) is 9.81. The molecular weight excluding hydrogens is 458 g/mol. The molecular formula is C28H27N3O5. The van der Waals surface area contributed by atoms with Gasteiger partial charge in [-0.15, -0.1) is 0 Å². The molecule has 4 aromatic rings. The molecule has 1 fully saturated rings. The number of ether oxygens (including phenoxy) is 2. The summed E-state index contributed by atoms with van der Waals surface area (Å²) in [6.45, 7) is 2.59. The van der Waals surface area contributed by atoms with Gasteiger partial charge >= 0.3 is 0 Å². The highest BCUT2D eigenvalue weighted by molar-refractivity contribution is 5.95. The van der Waals surface area contributed by atoms with Gasteiger partial charge in [-0.05, 0) is 49.6 Å². The third kappa shape index (κ3) is 4.42. The number of aromatic nitrogens is 1. The van der Waals surface area contributed by atoms with Crippen LogP contribution < -0.4 is 14.4 Å². The molecule has 6 rings (SSSR count). The van der Waals surface area contributed by atoms with Gasteiger partial charge in [0.1, 0.15) is 11.5 Å². The topological polar surface area (TPSA) is 81.2 Å². The molecule has 0 saturated carbocycles. The first-order valence-corrected chi connectivity index (χ1v) is 12.3. The van der Waals surface area contributed by atoms with E-state index in [0.717, 1.165) is 48.6 Å². The van der Waals surface area contributed by atoms with Gasteiger partial charge in [0.2, 0.25) is 12.7 Å². The molecule has 4 heterocycles. The summed E-state index contributed by atoms with van der Waals surface area (Å²) in [7, 11) is 0. The summed E-state index contributed by atoms with van der Waals surface area (Å²) in [5.41, 5.74) is 3.11. The lowest BCUT2D eigenvalue weighted by Crippen LogP contribution is -2.33. The Morgan fingerprint density at radius 2 is 1.75 bits per heavy atom. The van der Waals surface area contributed by atoms with Crippen LogP contribution >= 0.6 is 0 Å². The molecule has 2 aromatic heterocycles. The molecule has 36 heavy (non-hydrogen) atoms. The average molecular weight is 486 g/mol. The number of hydrogen-bond donors (Lipinski definition) is 0. The van der Waals surface area contributed by atoms with Crippen molar-refractivity contribution in [1.29, 1.82) is 0 Å². The Balaban J connectivity index is 1.39. The quantitative estimate of drug-likeness (QED) is 0.342. The second-order valence-corrected chi connectivity index (χ2v) is 9.04. The fourth-order valence-electron chi connectivity index (χ4n) is 4.80. The summed E-state index contributed by atoms with van der Waals surface area (Å²) in [5.74, 6) is 2.50. The van der Waals surface area contributed by atoms with Crippen LogP contribution in [0.4, 0.5) is 5.88 Å². The van der Waals surface area contributed by atoms with E-state index in [1.807, 2.05) is 42.5 Å². The standard InChI is InChI=1S/C28H27N3O5/c32-27(21-11-12-24-25(16-21)35-19-34-24)31(17-22-10-7-15-33-22)18-23-26(20-8-3-1-4-9-20)29-36-28(23)30-13-5-2-6-14-30/h1,3-4,7-12,15-16H,2,5-6,13-14,17-19H2. The number of hydrogen-bond acceptors (Lipinski definition) is 7. The van der Waals surface area contributed by atoms with Crippen LogP contribution in [0, 0.1) is 0 Å². The zero-order valence-corrected chi connectivity index (χ0v) is 19.9. The zero-order chi connectivity index (χ0) is 24.3. The molecule has 0 atom stereocenters. The zero-order valence-electron chi connectivity index (χ0n) is 19.9. The molecule has 8 heteroatoms. The molecule has 2 aliphatic heterocycles. The van der Waals surface area contributed by atoms with Crippen LogP contribution in [0.2, 0.25) is 0 Å². The molecule has 0 spiro atoms. The molecule has 0 N–H and O–H groups in total. The van der Waals surface area contributed by atoms with E-state index in [4.69, 9.17) is 18.4 Å². The van der Waals surface area contributed by atoms with Crippen molar-refractivity contribution in [1.82, 2.24) is 10.1 Å². The lowest BCUT2D eigenvalue weighted by Gasteiger charge is -2.28. The van der Waals surface area contributed by atoms with Crippen molar-refractivity contribution in [3.63, 3.8) is 0 Å². The highest BCUT2D eigenvalue weighted by atomic mass is 16.7. The van der Waals surface area contributed by atoms with Crippen LogP contribution in [0.5, 0.6) is 11.5 Å². The molecule has 0 aliphatic carbocycles. The van der Waals surface area contributed by atoms with Crippen LogP contribution in [0.15, 0.2) is 75.9 Å². The number of amides is 1. The number of fused-ring (bicyclic) bond motifs is 1. The summed E-state index contributed by atoms with van der Waals surface area (Å²) in [5, 5.41) is 4.48. The molecule has 0 bridgehead atoms. The van der Waals surface area contributed by atoms with Crippen molar-refractivity contribution in [2.45, 2.75) is 32.4 Å². The highest BCUT2D eigenvalue weighted by Gasteiger charge is 2.28. The summed E-state index contributed by atoms with van der Waals surface area (Å²) >= 11 is 0. The van der Waals surface area contributed by atoms with Crippen LogP contribution in [-0.2, 0) is 13.1 Å². The summed E-state index contributed by atoms with van der Waals surface area (Å²) < 4.78 is 22.5. The molecule has 1 saturated heterocycles. The van der Waals surface area contributed by atoms with Crippen LogP contribution in [0.1, 0.15) is 40.9 Å². The Hall–Kier alpha value is -4.20. The molecule has 0 radical (unpaired) electrons. The minimum absolute atomic E-state index is 0.144. The number of benzene rings is 2. The van der Waals surface area contributed by atoms with Gasteiger partial charge in [-0.1, -0.05) is 35.5 Å². The maximum Gasteiger partial charge on any atom is 0.254 e. The van der Waals surface area contributed by atoms with Crippen LogP contribution in [0.25, 0.3) is 11.3 Å². The maximum absolute atomic E-state index is 13.9. The largest absolute Gasteiger partial charge is 0.467 e. The van der Waals surface area contributed by atoms with E-state index in [0.29, 0.717) is 35.9 Å². The van der Waals surface area contributed by atoms with E-state index in [1.165, 1.54) is 6.42 Å². The number of piperidine rings is 1. The Morgan fingerprint density at radius 3 is 2.56 bits per heavy atom. The second-order valence-electron chi connectivity index (χ2n) is 9.04. The van der Waals surface area contributed by atoms with Gasteiger partial charge < -0.3 is 28.2 Å². The van der Waals surface area contributed by atoms with Gasteiger partial charge in [0.15, 0.2) is 11.5 Å². The Bertz CT molecular complexity index is 1330. The maximum atomic E-state index is 13.9. The predicted molar refractivity (Wildman–Crippen MR) is 133 cm³/mol. The number of nitrogens with zero attached hydrogens (tertiary/aromatic N) is 3. The summed E-state index contributed by atoms with van der Waals surface area (Å²) in [6.07, 6.45) is 5.03. The van der Waals surface area contributed by atoms with Crippen LogP contribution in [-0.4, -0.2) is 35.8 Å². The first-order chi connectivity index (χ1) is 17.8. The van der Waals surface area contributed by atoms with Crippen molar-refractivity contribution in [3.8, 4) is 22.8 Å². The number of rotatable bonds is 7. The van der Waals surface area contributed by atoms with E-state index >= 15 is 0 Å². The van der Waals surface area contributed by atoms with Crippen molar-refractivity contribution in [3.05, 3.63) is 83.8 Å². The van der Waals surface area contributed by atoms with Crippen molar-refractivity contribution < 1.29 is 23.2 Å². The molecule has 2 aliphatic rings. The minimum atomic E-state index is -0.144. The van der Waals surface area contributed by atoms with Crippen molar-refractivity contribution >= 4 is 11.8 Å². The highest BCUT2D eigenvalue weighted by Crippen LogP contribution is 2.36. The predicted octanol–water partition coefficient (Wildman–Crippen LogP) is 5.50. The van der Waals surface area contributed by atoms with Gasteiger partial charge in [-0.25, -0.2) is 0 Å². The Kier molecular flexibility index (Phi) is 6.07. The van der Waals surface area contributed by atoms with Crippen molar-refractivity contribution in [2.24, 2.45) is 0 Å². The van der Waals surface area contributed by atoms with E-state index in [2.05, 4.69) is 10.1 Å². The minimum Gasteiger partial charge on any atom is -0.467 e. The number of carbonyl (C=O) groups is 1. The van der Waals surface area contributed by atoms with Gasteiger partial charge in [0.05, 0.1) is 24.9 Å². The summed E-state index contributed by atoms with van der Waals surface area (Å²) in [6, 6.07) is 18.9. The van der Waals surface area contributed by atoms with E-state index in [9.17, 15) is 4.79 Å². The van der Waals surface area contributed by atoms with E-state index in [-0.39, 0.29) is 12.7 Å². The molecule has 8 nitrogen and oxygen atoms in total. The Morgan fingerprint density at radius 1 is 0.917 bits per heavy atom. The lowest BCUT2D eigenvalue weighted by molar-refractivity contribution is 0.0717. The Labute approximate surface area is 209 Å². The average Bonchev–Trinajstić information content (AvgIpc) is 3.70. The van der Waals surface area contributed by atoms with Gasteiger partial charge in [-0.2, -0.15) is 0 Å². The number of furan rings is 1. The van der Waals surface area contributed by atoms with E-state index < -0.39 is 0 Å². The SMILES string of the molecule is O=C(c1ccc2c(c1)OCO2)N(Cc1ccco1)Cc1c(-c2ccccc2)noc1N1CCCCC1. The van der Waals surface area contributed by atoms with E-state index in [1.54, 1.807) is 29.4 Å². The van der Waals surface area contributed by atoms with Gasteiger partial charge in [0.25, 0.3) is 5.91 Å². The first-order valence-electron chi connectivity index (χ1n) is 12.3. The van der Waals surface area contributed by atoms with Crippen LogP contribution in [0.3, 0.4) is 0 Å². The fraction of sp³-hybridized carbons (Fsp3) is 0.286. The molecule has 0 unspecified atom stereocenters. The fourth-order valence-corrected chi connectivity index (χ4v) is 4.80. The normalized spacial score (nSPS) is 14.7. The lowest BCUT2D eigenvalue weighted by atomic mass is 10.0. The molecule has 184 valence electrons. The smallest absolute Gasteiger partial charge is 0.254 e. The third-order valence-electron chi connectivity index (χ3n) is 6.64. The molecule has 1 amide bonds. The number of anilines is 1. The first kappa shape index (κ1) is 22.3. The van der Waals surface area contributed by atoms with Gasteiger partial charge in [0, 0.05) is 24.2 Å². The monoisotopic (exact) mass is 485 g/mol.